The number of thioether (sulfide) groups is 1. The van der Waals surface area contributed by atoms with E-state index >= 15 is 0 Å². The molecule has 1 fully saturated rings. The minimum atomic E-state index is -0.994. The lowest BCUT2D eigenvalue weighted by Crippen LogP contribution is -2.28. The summed E-state index contributed by atoms with van der Waals surface area (Å²) in [7, 11) is 0. The van der Waals surface area contributed by atoms with E-state index in [0.29, 0.717) is 6.42 Å². The third-order valence-corrected chi connectivity index (χ3v) is 6.92. The topological polar surface area (TPSA) is 88.6 Å². The summed E-state index contributed by atoms with van der Waals surface area (Å²) in [5.74, 6) is -1.40. The first kappa shape index (κ1) is 22.2. The second-order valence-electron chi connectivity index (χ2n) is 8.17. The molecule has 0 saturated carbocycles. The van der Waals surface area contributed by atoms with Gasteiger partial charge in [0.2, 0.25) is 5.91 Å². The lowest BCUT2D eigenvalue weighted by atomic mass is 10.1. The first-order chi connectivity index (χ1) is 16.6. The Kier molecular flexibility index (Phi) is 6.31. The van der Waals surface area contributed by atoms with Crippen LogP contribution < -0.4 is 10.2 Å². The number of nitrogens with zero attached hydrogens (tertiary/aromatic N) is 2. The van der Waals surface area contributed by atoms with Crippen LogP contribution in [-0.2, 0) is 19.1 Å². The number of imide groups is 1. The summed E-state index contributed by atoms with van der Waals surface area (Å²) >= 11 is 1.73. The fourth-order valence-electron chi connectivity index (χ4n) is 4.15. The minimum absolute atomic E-state index is 0.0931. The van der Waals surface area contributed by atoms with E-state index in [2.05, 4.69) is 39.5 Å². The summed E-state index contributed by atoms with van der Waals surface area (Å²) in [6.45, 7) is 0.745. The number of carbonyl (C=O) groups excluding carboxylic acids is 3. The fourth-order valence-corrected chi connectivity index (χ4v) is 5.29. The van der Waals surface area contributed by atoms with E-state index in [9.17, 15) is 14.4 Å². The number of carbonyl (C=O) groups is 3. The van der Waals surface area contributed by atoms with Crippen molar-refractivity contribution in [3.63, 3.8) is 0 Å². The zero-order valence-electron chi connectivity index (χ0n) is 18.4. The van der Waals surface area contributed by atoms with Gasteiger partial charge in [-0.05, 0) is 48.7 Å². The molecule has 0 bridgehead atoms. The van der Waals surface area contributed by atoms with E-state index < -0.39 is 23.9 Å². The summed E-state index contributed by atoms with van der Waals surface area (Å²) in [5, 5.41) is 4.38. The number of rotatable bonds is 7. The highest BCUT2D eigenvalue weighted by molar-refractivity contribution is 8.03. The van der Waals surface area contributed by atoms with Gasteiger partial charge in [-0.1, -0.05) is 42.1 Å². The molecule has 1 unspecified atom stereocenters. The number of para-hydroxylation sites is 2. The number of aromatic nitrogens is 1. The monoisotopic (exact) mass is 473 g/mol. The van der Waals surface area contributed by atoms with Crippen molar-refractivity contribution in [2.45, 2.75) is 36.7 Å². The molecule has 3 aromatic rings. The van der Waals surface area contributed by atoms with Crippen LogP contribution in [-0.4, -0.2) is 35.4 Å². The summed E-state index contributed by atoms with van der Waals surface area (Å²) in [5.41, 5.74) is 3.22. The highest BCUT2D eigenvalue weighted by Crippen LogP contribution is 2.46. The molecule has 0 spiro atoms. The molecule has 5 rings (SSSR count). The number of amides is 2. The van der Waals surface area contributed by atoms with Crippen molar-refractivity contribution >= 4 is 52.2 Å². The molecule has 7 nitrogen and oxygen atoms in total. The standard InChI is InChI=1S/C26H23N3O4S/c30-23-16-21(26(32)28-23)33-25(31)11-5-6-14-29-20-9-3-4-10-22(20)34-24(29)15-17-12-13-27-19-8-2-1-7-18(17)19/h1-4,7-10,12-13,15,21H,5-6,11,14,16H2,(H,28,30,32)/b24-15+. The zero-order valence-corrected chi connectivity index (χ0v) is 19.2. The van der Waals surface area contributed by atoms with Crippen molar-refractivity contribution in [3.05, 3.63) is 71.4 Å². The second kappa shape index (κ2) is 9.69. The number of nitrogens with one attached hydrogen (secondary N) is 1. The predicted octanol–water partition coefficient (Wildman–Crippen LogP) is 4.27. The average molecular weight is 474 g/mol. The average Bonchev–Trinajstić information content (AvgIpc) is 3.34. The summed E-state index contributed by atoms with van der Waals surface area (Å²) in [4.78, 5) is 42.9. The number of ether oxygens (including phenoxy) is 1. The third-order valence-electron chi connectivity index (χ3n) is 5.81. The van der Waals surface area contributed by atoms with Gasteiger partial charge in [0.05, 0.1) is 22.7 Å². The number of benzene rings is 2. The van der Waals surface area contributed by atoms with Gasteiger partial charge in [-0.3, -0.25) is 24.7 Å². The van der Waals surface area contributed by atoms with Gasteiger partial charge >= 0.3 is 5.97 Å². The second-order valence-corrected chi connectivity index (χ2v) is 9.24. The molecular weight excluding hydrogens is 450 g/mol. The molecule has 1 saturated heterocycles. The first-order valence-electron chi connectivity index (χ1n) is 11.2. The van der Waals surface area contributed by atoms with Gasteiger partial charge in [0.25, 0.3) is 5.91 Å². The van der Waals surface area contributed by atoms with Crippen LogP contribution in [0.5, 0.6) is 0 Å². The van der Waals surface area contributed by atoms with Crippen molar-refractivity contribution in [3.8, 4) is 0 Å². The summed E-state index contributed by atoms with van der Waals surface area (Å²) in [6, 6.07) is 18.4. The maximum atomic E-state index is 12.1. The van der Waals surface area contributed by atoms with Crippen LogP contribution in [0.1, 0.15) is 31.2 Å². The van der Waals surface area contributed by atoms with Gasteiger partial charge in [0, 0.05) is 29.4 Å². The Morgan fingerprint density at radius 3 is 2.79 bits per heavy atom. The highest BCUT2D eigenvalue weighted by atomic mass is 32.2. The van der Waals surface area contributed by atoms with E-state index in [0.717, 1.165) is 40.1 Å². The van der Waals surface area contributed by atoms with E-state index in [1.165, 1.54) is 4.90 Å². The Bertz CT molecular complexity index is 1300. The van der Waals surface area contributed by atoms with Crippen LogP contribution in [0, 0.1) is 0 Å². The quantitative estimate of drug-likeness (QED) is 0.311. The molecule has 2 aliphatic rings. The Morgan fingerprint density at radius 1 is 1.12 bits per heavy atom. The maximum Gasteiger partial charge on any atom is 0.306 e. The van der Waals surface area contributed by atoms with Gasteiger partial charge in [0.15, 0.2) is 6.10 Å². The van der Waals surface area contributed by atoms with Gasteiger partial charge in [-0.2, -0.15) is 0 Å². The van der Waals surface area contributed by atoms with Gasteiger partial charge in [0.1, 0.15) is 0 Å². The number of fused-ring (bicyclic) bond motifs is 2. The Hall–Kier alpha value is -3.65. The minimum Gasteiger partial charge on any atom is -0.452 e. The van der Waals surface area contributed by atoms with E-state index in [-0.39, 0.29) is 12.8 Å². The summed E-state index contributed by atoms with van der Waals surface area (Å²) < 4.78 is 5.16. The normalized spacial score (nSPS) is 18.4. The predicted molar refractivity (Wildman–Crippen MR) is 131 cm³/mol. The van der Waals surface area contributed by atoms with Gasteiger partial charge in [-0.25, -0.2) is 0 Å². The van der Waals surface area contributed by atoms with Crippen molar-refractivity contribution in [2.24, 2.45) is 0 Å². The molecule has 0 aliphatic carbocycles. The molecule has 3 heterocycles. The van der Waals surface area contributed by atoms with Crippen LogP contribution in [0.2, 0.25) is 0 Å². The molecule has 1 atom stereocenters. The van der Waals surface area contributed by atoms with Gasteiger partial charge < -0.3 is 9.64 Å². The number of pyridine rings is 1. The van der Waals surface area contributed by atoms with E-state index in [1.807, 2.05) is 42.6 Å². The molecule has 2 aliphatic heterocycles. The van der Waals surface area contributed by atoms with Gasteiger partial charge in [-0.15, -0.1) is 0 Å². The molecular formula is C26H23N3O4S. The van der Waals surface area contributed by atoms with Crippen molar-refractivity contribution in [2.75, 3.05) is 11.4 Å². The zero-order chi connectivity index (χ0) is 23.5. The molecule has 8 heteroatoms. The van der Waals surface area contributed by atoms with Crippen molar-refractivity contribution in [1.29, 1.82) is 0 Å². The molecule has 1 aromatic heterocycles. The van der Waals surface area contributed by atoms with E-state index in [1.54, 1.807) is 11.8 Å². The number of anilines is 1. The van der Waals surface area contributed by atoms with E-state index in [4.69, 9.17) is 4.74 Å². The Morgan fingerprint density at radius 2 is 1.94 bits per heavy atom. The van der Waals surface area contributed by atoms with Crippen molar-refractivity contribution < 1.29 is 19.1 Å². The smallest absolute Gasteiger partial charge is 0.306 e. The molecule has 2 aromatic carbocycles. The SMILES string of the molecule is O=C1CC(OC(=O)CCCCN2/C(=C\c3ccnc4ccccc34)Sc3ccccc32)C(=O)N1. The largest absolute Gasteiger partial charge is 0.452 e. The molecule has 1 N–H and O–H groups in total. The fraction of sp³-hybridized carbons (Fsp3) is 0.231. The Balaban J connectivity index is 1.26. The van der Waals surface area contributed by atoms with Crippen LogP contribution in [0.3, 0.4) is 0 Å². The van der Waals surface area contributed by atoms with Crippen LogP contribution in [0.4, 0.5) is 5.69 Å². The van der Waals surface area contributed by atoms with Crippen LogP contribution >= 0.6 is 11.8 Å². The summed E-state index contributed by atoms with van der Waals surface area (Å²) in [6.07, 6.45) is 4.53. The number of esters is 1. The molecule has 2 amide bonds. The number of hydrogen-bond acceptors (Lipinski definition) is 7. The molecule has 172 valence electrons. The van der Waals surface area contributed by atoms with Crippen LogP contribution in [0.25, 0.3) is 17.0 Å². The Labute approximate surface area is 201 Å². The lowest BCUT2D eigenvalue weighted by molar-refractivity contribution is -0.154. The first-order valence-corrected chi connectivity index (χ1v) is 12.0. The lowest BCUT2D eigenvalue weighted by Gasteiger charge is -2.20. The molecule has 34 heavy (non-hydrogen) atoms. The number of hydrogen-bond donors (Lipinski definition) is 1. The number of unbranched alkanes of at least 4 members (excludes halogenated alkanes) is 1. The third kappa shape index (κ3) is 4.68. The van der Waals surface area contributed by atoms with Crippen molar-refractivity contribution in [1.82, 2.24) is 10.3 Å². The highest BCUT2D eigenvalue weighted by Gasteiger charge is 2.33. The maximum absolute atomic E-state index is 12.1. The molecule has 0 radical (unpaired) electrons. The van der Waals surface area contributed by atoms with Crippen LogP contribution in [0.15, 0.2) is 70.7 Å².